The van der Waals surface area contributed by atoms with Gasteiger partial charge in [-0.05, 0) is 24.2 Å². The van der Waals surface area contributed by atoms with E-state index < -0.39 is 5.97 Å². The molecule has 0 aromatic carbocycles. The van der Waals surface area contributed by atoms with Crippen molar-refractivity contribution in [2.24, 2.45) is 11.8 Å². The fraction of sp³-hybridized carbons (Fsp3) is 0.556. The van der Waals surface area contributed by atoms with Gasteiger partial charge in [0.25, 0.3) is 0 Å². The van der Waals surface area contributed by atoms with E-state index in [2.05, 4.69) is 17.1 Å². The molecule has 2 aliphatic rings. The lowest BCUT2D eigenvalue weighted by Crippen LogP contribution is -2.00. The zero-order valence-electron chi connectivity index (χ0n) is 7.24. The highest BCUT2D eigenvalue weighted by molar-refractivity contribution is 5.88. The number of carboxylic acids is 1. The summed E-state index contributed by atoms with van der Waals surface area (Å²) >= 11 is 0. The molecule has 3 unspecified atom stereocenters. The smallest absolute Gasteiger partial charge is 0.354 e. The molecule has 68 valence electrons. The molecule has 1 aromatic heterocycles. The van der Waals surface area contributed by atoms with Crippen LogP contribution in [-0.4, -0.2) is 21.3 Å². The Morgan fingerprint density at radius 3 is 3.15 bits per heavy atom. The van der Waals surface area contributed by atoms with E-state index in [1.54, 1.807) is 0 Å². The number of nitrogens with zero attached hydrogens (tertiary/aromatic N) is 1. The van der Waals surface area contributed by atoms with Crippen LogP contribution in [0, 0.1) is 11.8 Å². The topological polar surface area (TPSA) is 66.0 Å². The maximum Gasteiger partial charge on any atom is 0.354 e. The summed E-state index contributed by atoms with van der Waals surface area (Å²) in [5.74, 6) is 0.918. The van der Waals surface area contributed by atoms with Gasteiger partial charge in [-0.15, -0.1) is 0 Å². The van der Waals surface area contributed by atoms with E-state index in [-0.39, 0.29) is 0 Å². The van der Waals surface area contributed by atoms with Gasteiger partial charge < -0.3 is 5.11 Å². The molecule has 0 saturated heterocycles. The lowest BCUT2D eigenvalue weighted by molar-refractivity contribution is 0.0689. The van der Waals surface area contributed by atoms with E-state index in [4.69, 9.17) is 5.11 Å². The van der Waals surface area contributed by atoms with E-state index in [1.807, 2.05) is 0 Å². The van der Waals surface area contributed by atoms with E-state index in [9.17, 15) is 4.79 Å². The molecule has 0 radical (unpaired) electrons. The van der Waals surface area contributed by atoms with E-state index in [0.29, 0.717) is 23.4 Å². The quantitative estimate of drug-likeness (QED) is 0.674. The van der Waals surface area contributed by atoms with Crippen molar-refractivity contribution in [1.82, 2.24) is 10.2 Å². The van der Waals surface area contributed by atoms with Crippen LogP contribution in [-0.2, 0) is 6.42 Å². The van der Waals surface area contributed by atoms with Crippen molar-refractivity contribution in [3.05, 3.63) is 17.0 Å². The molecule has 1 heterocycles. The SMILES string of the molecule is CC1C2Cc3n[nH]c(C(=O)O)c3C12. The largest absolute Gasteiger partial charge is 0.477 e. The molecule has 0 bridgehead atoms. The summed E-state index contributed by atoms with van der Waals surface area (Å²) in [6.45, 7) is 2.18. The highest BCUT2D eigenvalue weighted by Gasteiger charge is 2.55. The molecule has 3 atom stereocenters. The Morgan fingerprint density at radius 2 is 2.46 bits per heavy atom. The number of hydrogen-bond acceptors (Lipinski definition) is 2. The summed E-state index contributed by atoms with van der Waals surface area (Å²) in [5, 5.41) is 15.5. The Labute approximate surface area is 75.0 Å². The average Bonchev–Trinajstić information content (AvgIpc) is 2.50. The number of H-pyrrole nitrogens is 1. The van der Waals surface area contributed by atoms with Crippen LogP contribution in [0.5, 0.6) is 0 Å². The third-order valence-electron chi connectivity index (χ3n) is 3.42. The van der Waals surface area contributed by atoms with Gasteiger partial charge in [0, 0.05) is 5.56 Å². The zero-order chi connectivity index (χ0) is 9.16. The van der Waals surface area contributed by atoms with Gasteiger partial charge in [-0.25, -0.2) is 4.79 Å². The molecule has 2 aliphatic carbocycles. The first kappa shape index (κ1) is 7.12. The number of carbonyl (C=O) groups is 1. The fourth-order valence-corrected chi connectivity index (χ4v) is 2.62. The molecule has 2 N–H and O–H groups in total. The van der Waals surface area contributed by atoms with Crippen molar-refractivity contribution < 1.29 is 9.90 Å². The Bertz CT molecular complexity index is 396. The lowest BCUT2D eigenvalue weighted by Gasteiger charge is -1.96. The number of rotatable bonds is 1. The maximum atomic E-state index is 10.8. The lowest BCUT2D eigenvalue weighted by atomic mass is 10.1. The molecule has 0 spiro atoms. The first-order valence-corrected chi connectivity index (χ1v) is 4.50. The van der Waals surface area contributed by atoms with Gasteiger partial charge in [0.15, 0.2) is 0 Å². The molecular formula is C9H10N2O2. The average molecular weight is 178 g/mol. The standard InChI is InChI=1S/C9H10N2O2/c1-3-4-2-5-7(6(3)4)8(9(12)13)11-10-5/h3-4,6H,2H2,1H3,(H,10,11)(H,12,13). The van der Waals surface area contributed by atoms with Crippen LogP contribution in [0.15, 0.2) is 0 Å². The summed E-state index contributed by atoms with van der Waals surface area (Å²) in [6, 6.07) is 0. The first-order valence-electron chi connectivity index (χ1n) is 4.50. The van der Waals surface area contributed by atoms with Gasteiger partial charge in [0.1, 0.15) is 5.69 Å². The molecule has 4 nitrogen and oxygen atoms in total. The van der Waals surface area contributed by atoms with Gasteiger partial charge in [-0.1, -0.05) is 6.92 Å². The Balaban J connectivity index is 2.12. The second-order valence-electron chi connectivity index (χ2n) is 4.02. The minimum Gasteiger partial charge on any atom is -0.477 e. The number of nitrogens with one attached hydrogen (secondary N) is 1. The van der Waals surface area contributed by atoms with Crippen LogP contribution in [0.4, 0.5) is 0 Å². The Hall–Kier alpha value is -1.32. The molecule has 3 rings (SSSR count). The number of aromatic amines is 1. The van der Waals surface area contributed by atoms with Crippen LogP contribution < -0.4 is 0 Å². The second kappa shape index (κ2) is 1.95. The summed E-state index contributed by atoms with van der Waals surface area (Å²) in [4.78, 5) is 10.8. The molecule has 1 saturated carbocycles. The summed E-state index contributed by atoms with van der Waals surface area (Å²) in [7, 11) is 0. The van der Waals surface area contributed by atoms with Gasteiger partial charge in [0.05, 0.1) is 5.69 Å². The first-order chi connectivity index (χ1) is 6.20. The third kappa shape index (κ3) is 0.709. The van der Waals surface area contributed by atoms with Crippen LogP contribution in [0.3, 0.4) is 0 Å². The molecule has 1 aromatic rings. The van der Waals surface area contributed by atoms with Gasteiger partial charge in [-0.2, -0.15) is 5.10 Å². The Morgan fingerprint density at radius 1 is 1.69 bits per heavy atom. The van der Waals surface area contributed by atoms with Crippen molar-refractivity contribution >= 4 is 5.97 Å². The van der Waals surface area contributed by atoms with Crippen LogP contribution in [0.25, 0.3) is 0 Å². The molecule has 13 heavy (non-hydrogen) atoms. The van der Waals surface area contributed by atoms with Crippen molar-refractivity contribution in [2.75, 3.05) is 0 Å². The number of carboxylic acid groups (broad SMARTS) is 1. The van der Waals surface area contributed by atoms with Crippen molar-refractivity contribution in [1.29, 1.82) is 0 Å². The third-order valence-corrected chi connectivity index (χ3v) is 3.42. The fourth-order valence-electron chi connectivity index (χ4n) is 2.62. The zero-order valence-corrected chi connectivity index (χ0v) is 7.24. The molecule has 4 heteroatoms. The van der Waals surface area contributed by atoms with E-state index in [0.717, 1.165) is 17.7 Å². The molecule has 0 amide bonds. The second-order valence-corrected chi connectivity index (χ2v) is 4.02. The van der Waals surface area contributed by atoms with Crippen molar-refractivity contribution in [2.45, 2.75) is 19.3 Å². The number of aromatic nitrogens is 2. The molecule has 0 aliphatic heterocycles. The normalized spacial score (nSPS) is 34.1. The van der Waals surface area contributed by atoms with Crippen molar-refractivity contribution in [3.63, 3.8) is 0 Å². The highest BCUT2D eigenvalue weighted by atomic mass is 16.4. The molecular weight excluding hydrogens is 168 g/mol. The van der Waals surface area contributed by atoms with Crippen molar-refractivity contribution in [3.8, 4) is 0 Å². The van der Waals surface area contributed by atoms with E-state index >= 15 is 0 Å². The predicted octanol–water partition coefficient (Wildman–Crippen LogP) is 1.01. The van der Waals surface area contributed by atoms with Crippen LogP contribution in [0.1, 0.15) is 34.6 Å². The van der Waals surface area contributed by atoms with Gasteiger partial charge in [0.2, 0.25) is 0 Å². The monoisotopic (exact) mass is 178 g/mol. The number of fused-ring (bicyclic) bond motifs is 3. The summed E-state index contributed by atoms with van der Waals surface area (Å²) in [6.07, 6.45) is 0.963. The van der Waals surface area contributed by atoms with Crippen LogP contribution >= 0.6 is 0 Å². The minimum absolute atomic E-state index is 0.312. The number of aromatic carboxylic acids is 1. The van der Waals surface area contributed by atoms with Gasteiger partial charge in [-0.3, -0.25) is 5.10 Å². The minimum atomic E-state index is -0.881. The Kier molecular flexibility index (Phi) is 1.07. The highest BCUT2D eigenvalue weighted by Crippen LogP contribution is 2.61. The van der Waals surface area contributed by atoms with E-state index in [1.165, 1.54) is 0 Å². The summed E-state index contributed by atoms with van der Waals surface area (Å²) < 4.78 is 0. The summed E-state index contributed by atoms with van der Waals surface area (Å²) in [5.41, 5.74) is 2.27. The number of hydrogen-bond donors (Lipinski definition) is 2. The molecule has 1 fully saturated rings. The van der Waals surface area contributed by atoms with Crippen LogP contribution in [0.2, 0.25) is 0 Å². The predicted molar refractivity (Wildman–Crippen MR) is 44.6 cm³/mol. The maximum absolute atomic E-state index is 10.8. The van der Waals surface area contributed by atoms with Gasteiger partial charge >= 0.3 is 5.97 Å².